The van der Waals surface area contributed by atoms with Crippen molar-refractivity contribution in [1.82, 2.24) is 0 Å². The summed E-state index contributed by atoms with van der Waals surface area (Å²) < 4.78 is 0. The second kappa shape index (κ2) is 6.23. The minimum Gasteiger partial charge on any atom is -0.384 e. The van der Waals surface area contributed by atoms with Crippen LogP contribution in [0.15, 0.2) is 42.5 Å². The average Bonchev–Trinajstić information content (AvgIpc) is 2.48. The molecule has 0 fully saturated rings. The van der Waals surface area contributed by atoms with Crippen molar-refractivity contribution in [3.63, 3.8) is 0 Å². The molecule has 2 rings (SSSR count). The zero-order valence-electron chi connectivity index (χ0n) is 12.9. The van der Waals surface area contributed by atoms with Crippen molar-refractivity contribution in [2.45, 2.75) is 46.1 Å². The van der Waals surface area contributed by atoms with Gasteiger partial charge >= 0.3 is 0 Å². The Morgan fingerprint density at radius 1 is 0.950 bits per heavy atom. The van der Waals surface area contributed by atoms with Crippen molar-refractivity contribution in [1.29, 1.82) is 0 Å². The summed E-state index contributed by atoms with van der Waals surface area (Å²) in [4.78, 5) is 0. The molecule has 1 heteroatoms. The summed E-state index contributed by atoms with van der Waals surface area (Å²) in [5.41, 5.74) is 5.62. The van der Waals surface area contributed by atoms with Crippen LogP contribution in [0.5, 0.6) is 0 Å². The van der Waals surface area contributed by atoms with Gasteiger partial charge in [-0.05, 0) is 48.4 Å². The number of hydrogen-bond donors (Lipinski definition) is 1. The molecule has 2 aromatic rings. The Kier molecular flexibility index (Phi) is 4.61. The van der Waals surface area contributed by atoms with E-state index >= 15 is 0 Å². The quantitative estimate of drug-likeness (QED) is 0.836. The Balaban J connectivity index is 2.29. The SMILES string of the molecule is CCC(C)c1ccc(C(O)c2cc(C)ccc2C)cc1. The molecular formula is C19H24O. The Morgan fingerprint density at radius 2 is 1.55 bits per heavy atom. The molecule has 0 heterocycles. The molecule has 20 heavy (non-hydrogen) atoms. The van der Waals surface area contributed by atoms with Gasteiger partial charge in [-0.25, -0.2) is 0 Å². The highest BCUT2D eigenvalue weighted by atomic mass is 16.3. The summed E-state index contributed by atoms with van der Waals surface area (Å²) in [5.74, 6) is 0.571. The van der Waals surface area contributed by atoms with Crippen LogP contribution >= 0.6 is 0 Å². The van der Waals surface area contributed by atoms with Crippen molar-refractivity contribution in [2.24, 2.45) is 0 Å². The van der Waals surface area contributed by atoms with Crippen LogP contribution in [0.2, 0.25) is 0 Å². The molecule has 0 spiro atoms. The average molecular weight is 268 g/mol. The Morgan fingerprint density at radius 3 is 2.15 bits per heavy atom. The zero-order chi connectivity index (χ0) is 14.7. The number of aliphatic hydroxyl groups is 1. The van der Waals surface area contributed by atoms with Gasteiger partial charge in [-0.1, -0.05) is 61.9 Å². The van der Waals surface area contributed by atoms with Crippen LogP contribution in [-0.4, -0.2) is 5.11 Å². The Labute approximate surface area is 122 Å². The summed E-state index contributed by atoms with van der Waals surface area (Å²) in [5, 5.41) is 10.6. The zero-order valence-corrected chi connectivity index (χ0v) is 12.9. The lowest BCUT2D eigenvalue weighted by atomic mass is 9.93. The molecule has 0 saturated heterocycles. The van der Waals surface area contributed by atoms with Crippen molar-refractivity contribution in [3.05, 3.63) is 70.3 Å². The van der Waals surface area contributed by atoms with E-state index in [2.05, 4.69) is 51.1 Å². The Bertz CT molecular complexity index is 569. The van der Waals surface area contributed by atoms with Crippen molar-refractivity contribution in [2.75, 3.05) is 0 Å². The highest BCUT2D eigenvalue weighted by molar-refractivity contribution is 5.38. The highest BCUT2D eigenvalue weighted by Crippen LogP contribution is 2.27. The third kappa shape index (κ3) is 3.10. The first-order valence-electron chi connectivity index (χ1n) is 7.38. The van der Waals surface area contributed by atoms with Crippen molar-refractivity contribution >= 4 is 0 Å². The third-order valence-corrected chi connectivity index (χ3v) is 4.16. The first-order valence-corrected chi connectivity index (χ1v) is 7.38. The van der Waals surface area contributed by atoms with Gasteiger partial charge in [-0.3, -0.25) is 0 Å². The minimum absolute atomic E-state index is 0.541. The maximum Gasteiger partial charge on any atom is 0.104 e. The van der Waals surface area contributed by atoms with E-state index in [1.165, 1.54) is 11.1 Å². The molecule has 0 amide bonds. The summed E-state index contributed by atoms with van der Waals surface area (Å²) in [6.07, 6.45) is 0.597. The summed E-state index contributed by atoms with van der Waals surface area (Å²) in [6, 6.07) is 14.6. The van der Waals surface area contributed by atoms with Crippen LogP contribution in [0.1, 0.15) is 60.1 Å². The maximum absolute atomic E-state index is 10.6. The molecule has 0 aliphatic carbocycles. The van der Waals surface area contributed by atoms with E-state index in [1.54, 1.807) is 0 Å². The molecule has 0 bridgehead atoms. The molecule has 2 unspecified atom stereocenters. The van der Waals surface area contributed by atoms with E-state index in [-0.39, 0.29) is 0 Å². The summed E-state index contributed by atoms with van der Waals surface area (Å²) in [7, 11) is 0. The fourth-order valence-corrected chi connectivity index (χ4v) is 2.48. The molecule has 2 atom stereocenters. The predicted octanol–water partition coefficient (Wildman–Crippen LogP) is 4.90. The lowest BCUT2D eigenvalue weighted by molar-refractivity contribution is 0.219. The van der Waals surface area contributed by atoms with Gasteiger partial charge < -0.3 is 5.11 Å². The number of benzene rings is 2. The van der Waals surface area contributed by atoms with E-state index in [9.17, 15) is 5.11 Å². The number of hydrogen-bond acceptors (Lipinski definition) is 1. The molecule has 0 aliphatic heterocycles. The topological polar surface area (TPSA) is 20.2 Å². The monoisotopic (exact) mass is 268 g/mol. The van der Waals surface area contributed by atoms with Gasteiger partial charge in [0.05, 0.1) is 0 Å². The van der Waals surface area contributed by atoms with Gasteiger partial charge in [0.1, 0.15) is 6.10 Å². The lowest BCUT2D eigenvalue weighted by Crippen LogP contribution is -2.03. The molecule has 106 valence electrons. The second-order valence-corrected chi connectivity index (χ2v) is 5.74. The van der Waals surface area contributed by atoms with Gasteiger partial charge in [0.25, 0.3) is 0 Å². The van der Waals surface area contributed by atoms with E-state index in [0.29, 0.717) is 5.92 Å². The van der Waals surface area contributed by atoms with E-state index in [0.717, 1.165) is 23.1 Å². The van der Waals surface area contributed by atoms with E-state index in [1.807, 2.05) is 19.1 Å². The van der Waals surface area contributed by atoms with Crippen LogP contribution in [0.25, 0.3) is 0 Å². The van der Waals surface area contributed by atoms with E-state index in [4.69, 9.17) is 0 Å². The number of aryl methyl sites for hydroxylation is 2. The third-order valence-electron chi connectivity index (χ3n) is 4.16. The maximum atomic E-state index is 10.6. The van der Waals surface area contributed by atoms with Gasteiger partial charge in [0.15, 0.2) is 0 Å². The normalized spacial score (nSPS) is 14.1. The summed E-state index contributed by atoms with van der Waals surface area (Å²) >= 11 is 0. The van der Waals surface area contributed by atoms with Crippen molar-refractivity contribution in [3.8, 4) is 0 Å². The number of rotatable bonds is 4. The molecule has 1 nitrogen and oxygen atoms in total. The van der Waals surface area contributed by atoms with Crippen LogP contribution in [-0.2, 0) is 0 Å². The van der Waals surface area contributed by atoms with Gasteiger partial charge in [-0.15, -0.1) is 0 Å². The van der Waals surface area contributed by atoms with Gasteiger partial charge in [-0.2, -0.15) is 0 Å². The van der Waals surface area contributed by atoms with Gasteiger partial charge in [0, 0.05) is 0 Å². The van der Waals surface area contributed by atoms with Crippen LogP contribution in [0.4, 0.5) is 0 Å². The van der Waals surface area contributed by atoms with Crippen molar-refractivity contribution < 1.29 is 5.11 Å². The van der Waals surface area contributed by atoms with Crippen LogP contribution < -0.4 is 0 Å². The molecule has 0 aromatic heterocycles. The Hall–Kier alpha value is -1.60. The molecule has 2 aromatic carbocycles. The van der Waals surface area contributed by atoms with E-state index < -0.39 is 6.10 Å². The standard InChI is InChI=1S/C19H24O/c1-5-14(3)16-8-10-17(11-9-16)19(20)18-12-13(2)6-7-15(18)4/h6-12,14,19-20H,5H2,1-4H3. The molecule has 1 N–H and O–H groups in total. The van der Waals surface area contributed by atoms with Crippen LogP contribution in [0, 0.1) is 13.8 Å². The molecule has 0 saturated carbocycles. The van der Waals surface area contributed by atoms with Crippen LogP contribution in [0.3, 0.4) is 0 Å². The fourth-order valence-electron chi connectivity index (χ4n) is 2.48. The first kappa shape index (κ1) is 14.8. The highest BCUT2D eigenvalue weighted by Gasteiger charge is 2.13. The molecular weight excluding hydrogens is 244 g/mol. The largest absolute Gasteiger partial charge is 0.384 e. The fraction of sp³-hybridized carbons (Fsp3) is 0.368. The predicted molar refractivity (Wildman–Crippen MR) is 85.1 cm³/mol. The van der Waals surface area contributed by atoms with Gasteiger partial charge in [0.2, 0.25) is 0 Å². The second-order valence-electron chi connectivity index (χ2n) is 5.74. The first-order chi connectivity index (χ1) is 9.52. The minimum atomic E-state index is -0.541. The smallest absolute Gasteiger partial charge is 0.104 e. The number of aliphatic hydroxyl groups excluding tert-OH is 1. The summed E-state index contributed by atoms with van der Waals surface area (Å²) in [6.45, 7) is 8.53. The lowest BCUT2D eigenvalue weighted by Gasteiger charge is -2.16. The molecule has 0 aliphatic rings. The molecule has 0 radical (unpaired) electrons.